The van der Waals surface area contributed by atoms with Crippen LogP contribution in [0.4, 0.5) is 5.69 Å². The van der Waals surface area contributed by atoms with Gasteiger partial charge >= 0.3 is 0 Å². The van der Waals surface area contributed by atoms with Crippen LogP contribution < -0.4 is 11.1 Å². The highest BCUT2D eigenvalue weighted by Crippen LogP contribution is 2.23. The Labute approximate surface area is 162 Å². The molecule has 2 amide bonds. The first-order valence-corrected chi connectivity index (χ1v) is 9.31. The van der Waals surface area contributed by atoms with Crippen molar-refractivity contribution in [2.45, 2.75) is 13.5 Å². The maximum absolute atomic E-state index is 12.7. The Balaban J connectivity index is 0.00000243. The van der Waals surface area contributed by atoms with E-state index >= 15 is 0 Å². The summed E-state index contributed by atoms with van der Waals surface area (Å²) in [5.41, 5.74) is 7.91. The number of furan rings is 1. The van der Waals surface area contributed by atoms with Gasteiger partial charge in [-0.05, 0) is 30.7 Å². The van der Waals surface area contributed by atoms with Gasteiger partial charge in [0.05, 0.1) is 12.1 Å². The molecule has 6 nitrogen and oxygen atoms in total. The fourth-order valence-corrected chi connectivity index (χ4v) is 3.64. The number of hydrogen-bond donors (Lipinski definition) is 2. The van der Waals surface area contributed by atoms with Crippen LogP contribution in [-0.2, 0) is 6.54 Å². The third kappa shape index (κ3) is 4.41. The van der Waals surface area contributed by atoms with Crippen LogP contribution in [-0.4, -0.2) is 41.3 Å². The zero-order valence-corrected chi connectivity index (χ0v) is 16.1. The van der Waals surface area contributed by atoms with Gasteiger partial charge in [-0.15, -0.1) is 12.4 Å². The van der Waals surface area contributed by atoms with Crippen molar-refractivity contribution in [3.8, 4) is 0 Å². The number of rotatable bonds is 4. The monoisotopic (exact) mass is 395 g/mol. The van der Waals surface area contributed by atoms with Crippen LogP contribution in [0.15, 0.2) is 34.9 Å². The number of nitrogens with two attached hydrogens (primary N) is 1. The Morgan fingerprint density at radius 1 is 1.31 bits per heavy atom. The molecule has 8 heteroatoms. The summed E-state index contributed by atoms with van der Waals surface area (Å²) >= 11 is 1.86. The molecular formula is C18H22ClN3O3S. The van der Waals surface area contributed by atoms with Crippen molar-refractivity contribution in [2.75, 3.05) is 29.9 Å². The smallest absolute Gasteiger partial charge is 0.258 e. The van der Waals surface area contributed by atoms with E-state index in [4.69, 9.17) is 10.2 Å². The summed E-state index contributed by atoms with van der Waals surface area (Å²) in [6, 6.07) is 7.00. The highest BCUT2D eigenvalue weighted by atomic mass is 35.5. The third-order valence-corrected chi connectivity index (χ3v) is 5.17. The number of nitrogens with one attached hydrogen (secondary N) is 1. The van der Waals surface area contributed by atoms with Gasteiger partial charge in [-0.25, -0.2) is 0 Å². The lowest BCUT2D eigenvalue weighted by atomic mass is 10.0. The first-order valence-electron chi connectivity index (χ1n) is 8.15. The van der Waals surface area contributed by atoms with Gasteiger partial charge in [-0.2, -0.15) is 11.8 Å². The number of hydrogen-bond acceptors (Lipinski definition) is 5. The summed E-state index contributed by atoms with van der Waals surface area (Å²) in [4.78, 5) is 27.0. The number of carbonyl (C=O) groups is 2. The zero-order valence-electron chi connectivity index (χ0n) is 14.5. The zero-order chi connectivity index (χ0) is 17.8. The predicted molar refractivity (Wildman–Crippen MR) is 106 cm³/mol. The van der Waals surface area contributed by atoms with Crippen LogP contribution in [0.25, 0.3) is 0 Å². The maximum atomic E-state index is 12.7. The summed E-state index contributed by atoms with van der Waals surface area (Å²) in [6.07, 6.45) is 1.38. The van der Waals surface area contributed by atoms with Crippen molar-refractivity contribution in [3.63, 3.8) is 0 Å². The largest absolute Gasteiger partial charge is 0.467 e. The predicted octanol–water partition coefficient (Wildman–Crippen LogP) is 2.91. The van der Waals surface area contributed by atoms with Gasteiger partial charge in [0.25, 0.3) is 11.8 Å². The minimum absolute atomic E-state index is 0. The van der Waals surface area contributed by atoms with Crippen molar-refractivity contribution in [1.29, 1.82) is 0 Å². The van der Waals surface area contributed by atoms with E-state index in [9.17, 15) is 9.59 Å². The molecule has 1 aromatic heterocycles. The Morgan fingerprint density at radius 3 is 2.69 bits per heavy atom. The molecule has 0 bridgehead atoms. The second kappa shape index (κ2) is 9.12. The Bertz CT molecular complexity index is 788. The van der Waals surface area contributed by atoms with Crippen LogP contribution in [0.1, 0.15) is 32.0 Å². The fourth-order valence-electron chi connectivity index (χ4n) is 2.74. The molecule has 1 aromatic carbocycles. The van der Waals surface area contributed by atoms with Crippen LogP contribution in [0.2, 0.25) is 0 Å². The lowest BCUT2D eigenvalue weighted by molar-refractivity contribution is 0.0771. The van der Waals surface area contributed by atoms with E-state index in [1.54, 1.807) is 24.3 Å². The average molecular weight is 396 g/mol. The third-order valence-electron chi connectivity index (χ3n) is 4.23. The van der Waals surface area contributed by atoms with Gasteiger partial charge in [0, 0.05) is 35.8 Å². The summed E-state index contributed by atoms with van der Waals surface area (Å²) in [5, 5.41) is 2.85. The molecule has 0 atom stereocenters. The molecule has 140 valence electrons. The molecule has 2 aromatic rings. The summed E-state index contributed by atoms with van der Waals surface area (Å²) in [7, 11) is 0. The maximum Gasteiger partial charge on any atom is 0.258 e. The standard InChI is InChI=1S/C18H21N3O3S.ClH/c1-12-15(18(23)21-5-7-25-8-6-21)3-2-4-16(12)20-17(22)13-9-14(10-19)24-11-13;/h2-4,9,11H,5-8,10,19H2,1H3,(H,20,22);1H. The average Bonchev–Trinajstić information content (AvgIpc) is 3.13. The van der Waals surface area contributed by atoms with Crippen LogP contribution in [0, 0.1) is 6.92 Å². The molecule has 1 aliphatic rings. The van der Waals surface area contributed by atoms with Gasteiger partial charge in [0.15, 0.2) is 0 Å². The second-order valence-corrected chi connectivity index (χ2v) is 7.07. The first-order chi connectivity index (χ1) is 12.1. The number of amides is 2. The highest BCUT2D eigenvalue weighted by molar-refractivity contribution is 7.99. The summed E-state index contributed by atoms with van der Waals surface area (Å²) in [6.45, 7) is 3.61. The van der Waals surface area contributed by atoms with Gasteiger partial charge in [-0.3, -0.25) is 9.59 Å². The number of anilines is 1. The van der Waals surface area contributed by atoms with Crippen molar-refractivity contribution in [1.82, 2.24) is 4.90 Å². The number of halogens is 1. The quantitative estimate of drug-likeness (QED) is 0.830. The molecular weight excluding hydrogens is 374 g/mol. The van der Waals surface area contributed by atoms with Gasteiger partial charge in [-0.1, -0.05) is 6.07 Å². The molecule has 3 N–H and O–H groups in total. The van der Waals surface area contributed by atoms with E-state index in [0.717, 1.165) is 30.2 Å². The van der Waals surface area contributed by atoms with Crippen LogP contribution in [0.5, 0.6) is 0 Å². The molecule has 0 unspecified atom stereocenters. The van der Waals surface area contributed by atoms with Gasteiger partial charge < -0.3 is 20.4 Å². The Hall–Kier alpha value is -1.96. The number of nitrogens with zero attached hydrogens (tertiary/aromatic N) is 1. The van der Waals surface area contributed by atoms with Crippen LogP contribution >= 0.6 is 24.2 Å². The highest BCUT2D eigenvalue weighted by Gasteiger charge is 2.21. The fraction of sp³-hybridized carbons (Fsp3) is 0.333. The first kappa shape index (κ1) is 20.4. The summed E-state index contributed by atoms with van der Waals surface area (Å²) in [5.74, 6) is 2.21. The Kier molecular flexibility index (Phi) is 7.14. The second-order valence-electron chi connectivity index (χ2n) is 5.84. The normalized spacial score (nSPS) is 13.8. The van der Waals surface area contributed by atoms with E-state index in [1.807, 2.05) is 23.6 Å². The van der Waals surface area contributed by atoms with Crippen molar-refractivity contribution >= 4 is 41.7 Å². The molecule has 1 saturated heterocycles. The van der Waals surface area contributed by atoms with E-state index in [0.29, 0.717) is 22.6 Å². The summed E-state index contributed by atoms with van der Waals surface area (Å²) < 4.78 is 5.20. The van der Waals surface area contributed by atoms with E-state index in [1.165, 1.54) is 6.26 Å². The van der Waals surface area contributed by atoms with Crippen LogP contribution in [0.3, 0.4) is 0 Å². The molecule has 1 fully saturated rings. The number of carbonyl (C=O) groups excluding carboxylic acids is 2. The van der Waals surface area contributed by atoms with E-state index in [2.05, 4.69) is 5.32 Å². The minimum Gasteiger partial charge on any atom is -0.467 e. The van der Waals surface area contributed by atoms with Crippen molar-refractivity contribution in [2.24, 2.45) is 5.73 Å². The lowest BCUT2D eigenvalue weighted by Crippen LogP contribution is -2.38. The van der Waals surface area contributed by atoms with E-state index < -0.39 is 0 Å². The lowest BCUT2D eigenvalue weighted by Gasteiger charge is -2.27. The molecule has 3 rings (SSSR count). The Morgan fingerprint density at radius 2 is 2.04 bits per heavy atom. The number of benzene rings is 1. The van der Waals surface area contributed by atoms with E-state index in [-0.39, 0.29) is 30.8 Å². The number of thioether (sulfide) groups is 1. The molecule has 1 aliphatic heterocycles. The van der Waals surface area contributed by atoms with Gasteiger partial charge in [0.2, 0.25) is 0 Å². The SMILES string of the molecule is Cc1c(NC(=O)c2coc(CN)c2)cccc1C(=O)N1CCSCC1.Cl. The van der Waals surface area contributed by atoms with Crippen molar-refractivity contribution in [3.05, 3.63) is 53.0 Å². The van der Waals surface area contributed by atoms with Crippen molar-refractivity contribution < 1.29 is 14.0 Å². The minimum atomic E-state index is -0.287. The topological polar surface area (TPSA) is 88.6 Å². The molecule has 0 radical (unpaired) electrons. The molecule has 0 saturated carbocycles. The molecule has 26 heavy (non-hydrogen) atoms. The molecule has 0 spiro atoms. The molecule has 2 heterocycles. The molecule has 0 aliphatic carbocycles. The van der Waals surface area contributed by atoms with Gasteiger partial charge in [0.1, 0.15) is 12.0 Å².